The van der Waals surface area contributed by atoms with Crippen LogP contribution in [0.3, 0.4) is 0 Å². The molecule has 0 radical (unpaired) electrons. The average Bonchev–Trinajstić information content (AvgIpc) is 2.77. The molecule has 0 saturated carbocycles. The number of nitrogens with zero attached hydrogens (tertiary/aromatic N) is 1. The molecule has 6 heteroatoms. The Morgan fingerprint density at radius 1 is 1.38 bits per heavy atom. The third-order valence-electron chi connectivity index (χ3n) is 3.50. The number of hydrogen-bond acceptors (Lipinski definition) is 5. The standard InChI is InChI=1S/C15H17NO5/c1-4-20-15(17)12-10(3)21-14(16(18)19)13(12)11-8-6-5-7-9(11)2/h5-8,13-14H,4H2,1-3H3/t13-,14-/m1/s1. The van der Waals surface area contributed by atoms with Gasteiger partial charge in [-0.25, -0.2) is 4.79 Å². The van der Waals surface area contributed by atoms with E-state index in [-0.39, 0.29) is 17.9 Å². The van der Waals surface area contributed by atoms with Gasteiger partial charge < -0.3 is 9.47 Å². The van der Waals surface area contributed by atoms with Gasteiger partial charge in [-0.2, -0.15) is 0 Å². The fraction of sp³-hybridized carbons (Fsp3) is 0.400. The Balaban J connectivity index is 2.51. The maximum atomic E-state index is 12.1. The molecule has 0 spiro atoms. The smallest absolute Gasteiger partial charge is 0.364 e. The van der Waals surface area contributed by atoms with Gasteiger partial charge in [0.05, 0.1) is 17.1 Å². The molecule has 0 amide bonds. The highest BCUT2D eigenvalue weighted by Gasteiger charge is 2.48. The van der Waals surface area contributed by atoms with Crippen LogP contribution in [0.4, 0.5) is 0 Å². The normalized spacial score (nSPS) is 21.1. The summed E-state index contributed by atoms with van der Waals surface area (Å²) in [6.07, 6.45) is -1.30. The van der Waals surface area contributed by atoms with Crippen molar-refractivity contribution in [1.82, 2.24) is 0 Å². The Labute approximate surface area is 122 Å². The summed E-state index contributed by atoms with van der Waals surface area (Å²) in [5.74, 6) is -1.06. The summed E-state index contributed by atoms with van der Waals surface area (Å²) in [4.78, 5) is 22.9. The monoisotopic (exact) mass is 291 g/mol. The molecule has 1 aliphatic rings. The van der Waals surface area contributed by atoms with Crippen LogP contribution in [0.25, 0.3) is 0 Å². The quantitative estimate of drug-likeness (QED) is 0.484. The Morgan fingerprint density at radius 3 is 2.62 bits per heavy atom. The van der Waals surface area contributed by atoms with Crippen LogP contribution in [0.15, 0.2) is 35.6 Å². The lowest BCUT2D eigenvalue weighted by molar-refractivity contribution is -0.570. The number of nitro groups is 1. The highest BCUT2D eigenvalue weighted by atomic mass is 16.7. The number of rotatable bonds is 4. The van der Waals surface area contributed by atoms with Crippen LogP contribution in [0, 0.1) is 17.0 Å². The van der Waals surface area contributed by atoms with Gasteiger partial charge in [0, 0.05) is 0 Å². The Hall–Kier alpha value is -2.37. The van der Waals surface area contributed by atoms with E-state index in [2.05, 4.69) is 0 Å². The molecule has 2 atom stereocenters. The Bertz CT molecular complexity index is 608. The second kappa shape index (κ2) is 5.95. The molecule has 1 aliphatic heterocycles. The average molecular weight is 291 g/mol. The third kappa shape index (κ3) is 2.74. The number of esters is 1. The van der Waals surface area contributed by atoms with E-state index in [1.54, 1.807) is 26.0 Å². The summed E-state index contributed by atoms with van der Waals surface area (Å²) in [5.41, 5.74) is 1.81. The highest BCUT2D eigenvalue weighted by molar-refractivity contribution is 5.91. The zero-order chi connectivity index (χ0) is 15.6. The van der Waals surface area contributed by atoms with Crippen molar-refractivity contribution < 1.29 is 19.2 Å². The van der Waals surface area contributed by atoms with Crippen molar-refractivity contribution in [3.63, 3.8) is 0 Å². The minimum atomic E-state index is -1.30. The fourth-order valence-corrected chi connectivity index (χ4v) is 2.56. The van der Waals surface area contributed by atoms with E-state index < -0.39 is 23.0 Å². The molecule has 1 aromatic rings. The topological polar surface area (TPSA) is 78.7 Å². The van der Waals surface area contributed by atoms with Crippen molar-refractivity contribution in [1.29, 1.82) is 0 Å². The maximum absolute atomic E-state index is 12.1. The summed E-state index contributed by atoms with van der Waals surface area (Å²) in [7, 11) is 0. The summed E-state index contributed by atoms with van der Waals surface area (Å²) in [5, 5.41) is 11.3. The first-order chi connectivity index (χ1) is 9.97. The number of allylic oxidation sites excluding steroid dienone is 1. The van der Waals surface area contributed by atoms with Crippen LogP contribution in [0.1, 0.15) is 30.9 Å². The summed E-state index contributed by atoms with van der Waals surface area (Å²) in [6, 6.07) is 7.26. The first-order valence-electron chi connectivity index (χ1n) is 6.71. The fourth-order valence-electron chi connectivity index (χ4n) is 2.56. The SMILES string of the molecule is CCOC(=O)C1=C(C)O[C@@H]([N+](=O)[O-])[C@@H]1c1ccccc1C. The second-order valence-electron chi connectivity index (χ2n) is 4.82. The zero-order valence-corrected chi connectivity index (χ0v) is 12.2. The molecule has 0 fully saturated rings. The lowest BCUT2D eigenvalue weighted by Gasteiger charge is -2.16. The van der Waals surface area contributed by atoms with Gasteiger partial charge in [-0.15, -0.1) is 0 Å². The first-order valence-corrected chi connectivity index (χ1v) is 6.71. The summed E-state index contributed by atoms with van der Waals surface area (Å²) < 4.78 is 10.3. The van der Waals surface area contributed by atoms with Crippen molar-refractivity contribution in [3.05, 3.63) is 56.8 Å². The van der Waals surface area contributed by atoms with Gasteiger partial charge in [0.2, 0.25) is 0 Å². The first kappa shape index (κ1) is 15.0. The molecule has 0 aromatic heterocycles. The number of aryl methyl sites for hydroxylation is 1. The Kier molecular flexibility index (Phi) is 4.26. The van der Waals surface area contributed by atoms with E-state index in [4.69, 9.17) is 9.47 Å². The summed E-state index contributed by atoms with van der Waals surface area (Å²) >= 11 is 0. The van der Waals surface area contributed by atoms with E-state index >= 15 is 0 Å². The molecule has 21 heavy (non-hydrogen) atoms. The van der Waals surface area contributed by atoms with Gasteiger partial charge >= 0.3 is 12.2 Å². The van der Waals surface area contributed by atoms with Gasteiger partial charge in [0.25, 0.3) is 0 Å². The van der Waals surface area contributed by atoms with Crippen LogP contribution < -0.4 is 0 Å². The lowest BCUT2D eigenvalue weighted by Crippen LogP contribution is -2.28. The molecule has 1 aromatic carbocycles. The molecule has 0 saturated heterocycles. The minimum Gasteiger partial charge on any atom is -0.463 e. The molecule has 112 valence electrons. The Morgan fingerprint density at radius 2 is 2.05 bits per heavy atom. The van der Waals surface area contributed by atoms with Gasteiger partial charge in [0.15, 0.2) is 0 Å². The van der Waals surface area contributed by atoms with Crippen LogP contribution in [0.2, 0.25) is 0 Å². The van der Waals surface area contributed by atoms with Crippen LogP contribution in [-0.2, 0) is 14.3 Å². The minimum absolute atomic E-state index is 0.208. The van der Waals surface area contributed by atoms with E-state index in [0.29, 0.717) is 5.56 Å². The molecule has 0 bridgehead atoms. The molecule has 0 unspecified atom stereocenters. The van der Waals surface area contributed by atoms with Crippen molar-refractivity contribution >= 4 is 5.97 Å². The molecular formula is C15H17NO5. The lowest BCUT2D eigenvalue weighted by atomic mass is 9.87. The van der Waals surface area contributed by atoms with Crippen molar-refractivity contribution in [2.45, 2.75) is 32.9 Å². The maximum Gasteiger partial charge on any atom is 0.364 e. The van der Waals surface area contributed by atoms with Gasteiger partial charge in [-0.1, -0.05) is 24.3 Å². The van der Waals surface area contributed by atoms with E-state index in [0.717, 1.165) is 5.56 Å². The predicted octanol–water partition coefficient (Wildman–Crippen LogP) is 2.55. The molecule has 2 rings (SSSR count). The van der Waals surface area contributed by atoms with Crippen molar-refractivity contribution in [3.8, 4) is 0 Å². The largest absolute Gasteiger partial charge is 0.463 e. The summed E-state index contributed by atoms with van der Waals surface area (Å²) in [6.45, 7) is 5.31. The number of carbonyl (C=O) groups excluding carboxylic acids is 1. The molecule has 6 nitrogen and oxygen atoms in total. The second-order valence-corrected chi connectivity index (χ2v) is 4.82. The van der Waals surface area contributed by atoms with Crippen LogP contribution in [0.5, 0.6) is 0 Å². The molecule has 0 aliphatic carbocycles. The predicted molar refractivity (Wildman–Crippen MR) is 75.1 cm³/mol. The zero-order valence-electron chi connectivity index (χ0n) is 12.2. The van der Waals surface area contributed by atoms with Crippen molar-refractivity contribution in [2.75, 3.05) is 6.61 Å². The van der Waals surface area contributed by atoms with Gasteiger partial charge in [-0.05, 0) is 31.9 Å². The van der Waals surface area contributed by atoms with Crippen LogP contribution >= 0.6 is 0 Å². The number of carbonyl (C=O) groups is 1. The van der Waals surface area contributed by atoms with E-state index in [9.17, 15) is 14.9 Å². The van der Waals surface area contributed by atoms with Gasteiger partial charge in [0.1, 0.15) is 11.7 Å². The van der Waals surface area contributed by atoms with E-state index in [1.807, 2.05) is 19.1 Å². The van der Waals surface area contributed by atoms with Crippen LogP contribution in [-0.4, -0.2) is 23.7 Å². The number of hydrogen-bond donors (Lipinski definition) is 0. The molecule has 0 N–H and O–H groups in total. The van der Waals surface area contributed by atoms with Crippen molar-refractivity contribution in [2.24, 2.45) is 0 Å². The highest BCUT2D eigenvalue weighted by Crippen LogP contribution is 2.40. The number of benzene rings is 1. The third-order valence-corrected chi connectivity index (χ3v) is 3.50. The van der Waals surface area contributed by atoms with Gasteiger partial charge in [-0.3, -0.25) is 10.1 Å². The van der Waals surface area contributed by atoms with E-state index in [1.165, 1.54) is 0 Å². The molecular weight excluding hydrogens is 274 g/mol. The molecule has 1 heterocycles. The number of ether oxygens (including phenoxy) is 2.